The summed E-state index contributed by atoms with van der Waals surface area (Å²) in [6, 6.07) is 7.56. The predicted octanol–water partition coefficient (Wildman–Crippen LogP) is 4.34. The van der Waals surface area contributed by atoms with Crippen molar-refractivity contribution < 1.29 is 9.47 Å². The van der Waals surface area contributed by atoms with Gasteiger partial charge in [0.15, 0.2) is 11.5 Å². The Morgan fingerprint density at radius 2 is 1.79 bits per heavy atom. The normalized spacial score (nSPS) is 12.3. The molecule has 2 N–H and O–H groups in total. The fourth-order valence-electron chi connectivity index (χ4n) is 1.73. The van der Waals surface area contributed by atoms with Gasteiger partial charge in [0.25, 0.3) is 0 Å². The number of rotatable bonds is 4. The van der Waals surface area contributed by atoms with E-state index >= 15 is 0 Å². The highest BCUT2D eigenvalue weighted by atomic mass is 79.9. The van der Waals surface area contributed by atoms with Gasteiger partial charge in [-0.3, -0.25) is 0 Å². The first-order valence-electron chi connectivity index (χ1n) is 5.49. The summed E-state index contributed by atoms with van der Waals surface area (Å²) in [5, 5.41) is 0. The Labute approximate surface area is 133 Å². The van der Waals surface area contributed by atoms with Gasteiger partial charge < -0.3 is 15.2 Å². The number of methoxy groups -OCH3 is 2. The number of halogens is 2. The third kappa shape index (κ3) is 3.13. The molecule has 6 heteroatoms. The van der Waals surface area contributed by atoms with Crippen molar-refractivity contribution in [2.45, 2.75) is 6.04 Å². The Hall–Kier alpha value is -0.560. The van der Waals surface area contributed by atoms with E-state index in [4.69, 9.17) is 15.2 Å². The molecule has 1 unspecified atom stereocenters. The van der Waals surface area contributed by atoms with E-state index < -0.39 is 0 Å². The summed E-state index contributed by atoms with van der Waals surface area (Å²) in [5.74, 6) is 1.39. The Morgan fingerprint density at radius 3 is 2.32 bits per heavy atom. The van der Waals surface area contributed by atoms with Crippen LogP contribution in [0.5, 0.6) is 11.5 Å². The highest BCUT2D eigenvalue weighted by Gasteiger charge is 2.16. The van der Waals surface area contributed by atoms with E-state index in [1.54, 1.807) is 25.6 Å². The zero-order valence-corrected chi connectivity index (χ0v) is 14.4. The van der Waals surface area contributed by atoms with Crippen molar-refractivity contribution >= 4 is 43.2 Å². The fraction of sp³-hybridized carbons (Fsp3) is 0.231. The minimum absolute atomic E-state index is 0.188. The molecule has 1 aromatic heterocycles. The van der Waals surface area contributed by atoms with Crippen LogP contribution in [0, 0.1) is 0 Å². The lowest BCUT2D eigenvalue weighted by atomic mass is 10.1. The Balaban J connectivity index is 2.35. The first-order valence-corrected chi connectivity index (χ1v) is 7.89. The van der Waals surface area contributed by atoms with E-state index in [1.807, 2.05) is 24.3 Å². The van der Waals surface area contributed by atoms with Crippen LogP contribution in [0.4, 0.5) is 0 Å². The molecule has 0 bridgehead atoms. The molecule has 1 heterocycles. The minimum Gasteiger partial charge on any atom is -0.493 e. The third-order valence-electron chi connectivity index (χ3n) is 2.74. The first-order chi connectivity index (χ1) is 9.06. The standard InChI is InChI=1S/C13H13Br2NO2S/c1-17-9-4-3-7(5-10(9)18-2)12(16)11-6-8(14)13(15)19-11/h3-6,12H,16H2,1-2H3. The number of hydrogen-bond acceptors (Lipinski definition) is 4. The van der Waals surface area contributed by atoms with Crippen molar-refractivity contribution in [1.29, 1.82) is 0 Å². The van der Waals surface area contributed by atoms with Gasteiger partial charge in [-0.1, -0.05) is 6.07 Å². The smallest absolute Gasteiger partial charge is 0.161 e. The van der Waals surface area contributed by atoms with Gasteiger partial charge in [-0.25, -0.2) is 0 Å². The Kier molecular flexibility index (Phi) is 4.89. The van der Waals surface area contributed by atoms with Crippen LogP contribution >= 0.6 is 43.2 Å². The van der Waals surface area contributed by atoms with Crippen molar-refractivity contribution in [2.24, 2.45) is 5.73 Å². The average molecular weight is 407 g/mol. The molecule has 0 saturated carbocycles. The number of benzene rings is 1. The molecule has 0 spiro atoms. The number of nitrogens with two attached hydrogens (primary N) is 1. The lowest BCUT2D eigenvalue weighted by Crippen LogP contribution is -2.10. The van der Waals surface area contributed by atoms with Gasteiger partial charge in [0.2, 0.25) is 0 Å². The Morgan fingerprint density at radius 1 is 1.11 bits per heavy atom. The molecule has 2 rings (SSSR count). The van der Waals surface area contributed by atoms with E-state index in [-0.39, 0.29) is 6.04 Å². The topological polar surface area (TPSA) is 44.5 Å². The van der Waals surface area contributed by atoms with Gasteiger partial charge in [0.1, 0.15) is 0 Å². The molecule has 2 aromatic rings. The third-order valence-corrected chi connectivity index (χ3v) is 6.08. The van der Waals surface area contributed by atoms with Gasteiger partial charge >= 0.3 is 0 Å². The average Bonchev–Trinajstić information content (AvgIpc) is 2.77. The van der Waals surface area contributed by atoms with Crippen molar-refractivity contribution in [3.05, 3.63) is 43.0 Å². The molecule has 0 aliphatic heterocycles. The van der Waals surface area contributed by atoms with Gasteiger partial charge in [-0.15, -0.1) is 11.3 Å². The molecule has 0 radical (unpaired) electrons. The second kappa shape index (κ2) is 6.26. The lowest BCUT2D eigenvalue weighted by molar-refractivity contribution is 0.354. The molecule has 0 aliphatic carbocycles. The summed E-state index contributed by atoms with van der Waals surface area (Å²) in [4.78, 5) is 1.07. The van der Waals surface area contributed by atoms with Crippen molar-refractivity contribution in [2.75, 3.05) is 14.2 Å². The molecule has 0 fully saturated rings. The van der Waals surface area contributed by atoms with E-state index in [1.165, 1.54) is 0 Å². The molecule has 0 saturated heterocycles. The quantitative estimate of drug-likeness (QED) is 0.821. The summed E-state index contributed by atoms with van der Waals surface area (Å²) in [6.07, 6.45) is 0. The SMILES string of the molecule is COc1ccc(C(N)c2cc(Br)c(Br)s2)cc1OC. The van der Waals surface area contributed by atoms with Crippen LogP contribution in [-0.4, -0.2) is 14.2 Å². The van der Waals surface area contributed by atoms with E-state index in [9.17, 15) is 0 Å². The zero-order chi connectivity index (χ0) is 14.0. The largest absolute Gasteiger partial charge is 0.493 e. The highest BCUT2D eigenvalue weighted by Crippen LogP contribution is 2.38. The summed E-state index contributed by atoms with van der Waals surface area (Å²) < 4.78 is 12.6. The zero-order valence-electron chi connectivity index (χ0n) is 10.4. The maximum absolute atomic E-state index is 6.29. The molecule has 0 amide bonds. The van der Waals surface area contributed by atoms with Crippen molar-refractivity contribution in [3.63, 3.8) is 0 Å². The molecule has 0 aliphatic rings. The molecule has 102 valence electrons. The van der Waals surface area contributed by atoms with E-state index in [0.29, 0.717) is 11.5 Å². The van der Waals surface area contributed by atoms with E-state index in [0.717, 1.165) is 18.7 Å². The summed E-state index contributed by atoms with van der Waals surface area (Å²) >= 11 is 8.56. The van der Waals surface area contributed by atoms with Gasteiger partial charge in [-0.2, -0.15) is 0 Å². The van der Waals surface area contributed by atoms with Crippen LogP contribution in [-0.2, 0) is 0 Å². The molecular weight excluding hydrogens is 394 g/mol. The maximum atomic E-state index is 6.29. The van der Waals surface area contributed by atoms with Crippen molar-refractivity contribution in [3.8, 4) is 11.5 Å². The van der Waals surface area contributed by atoms with Crippen LogP contribution in [0.3, 0.4) is 0 Å². The summed E-state index contributed by atoms with van der Waals surface area (Å²) in [6.45, 7) is 0. The molecule has 1 atom stereocenters. The number of ether oxygens (including phenoxy) is 2. The van der Waals surface area contributed by atoms with Crippen LogP contribution in [0.1, 0.15) is 16.5 Å². The van der Waals surface area contributed by atoms with Crippen LogP contribution in [0.25, 0.3) is 0 Å². The first kappa shape index (κ1) is 14.8. The van der Waals surface area contributed by atoms with Gasteiger partial charge in [0, 0.05) is 9.35 Å². The van der Waals surface area contributed by atoms with Gasteiger partial charge in [-0.05, 0) is 55.6 Å². The monoisotopic (exact) mass is 405 g/mol. The van der Waals surface area contributed by atoms with Crippen LogP contribution in [0.2, 0.25) is 0 Å². The van der Waals surface area contributed by atoms with E-state index in [2.05, 4.69) is 31.9 Å². The number of hydrogen-bond donors (Lipinski definition) is 1. The summed E-state index contributed by atoms with van der Waals surface area (Å²) in [7, 11) is 3.23. The maximum Gasteiger partial charge on any atom is 0.161 e. The van der Waals surface area contributed by atoms with Gasteiger partial charge in [0.05, 0.1) is 24.0 Å². The molecular formula is C13H13Br2NO2S. The van der Waals surface area contributed by atoms with Crippen LogP contribution < -0.4 is 15.2 Å². The summed E-state index contributed by atoms with van der Waals surface area (Å²) in [5.41, 5.74) is 7.27. The highest BCUT2D eigenvalue weighted by molar-refractivity contribution is 9.13. The Bertz CT molecular complexity index is 567. The minimum atomic E-state index is -0.188. The fourth-order valence-corrected chi connectivity index (χ4v) is 3.85. The lowest BCUT2D eigenvalue weighted by Gasteiger charge is -2.13. The predicted molar refractivity (Wildman–Crippen MR) is 85.3 cm³/mol. The molecule has 3 nitrogen and oxygen atoms in total. The molecule has 19 heavy (non-hydrogen) atoms. The molecule has 1 aromatic carbocycles. The second-order valence-electron chi connectivity index (χ2n) is 3.86. The number of thiophene rings is 1. The van der Waals surface area contributed by atoms with Crippen LogP contribution in [0.15, 0.2) is 32.5 Å². The second-order valence-corrected chi connectivity index (χ2v) is 7.12. The van der Waals surface area contributed by atoms with Crippen molar-refractivity contribution in [1.82, 2.24) is 0 Å².